The summed E-state index contributed by atoms with van der Waals surface area (Å²) in [6.45, 7) is 6.65. The molecule has 1 saturated heterocycles. The first-order valence-electron chi connectivity index (χ1n) is 9.96. The van der Waals surface area contributed by atoms with Crippen LogP contribution in [0.4, 0.5) is 5.69 Å². The summed E-state index contributed by atoms with van der Waals surface area (Å²) in [5.41, 5.74) is 2.52. The number of carbonyl (C=O) groups is 1. The maximum Gasteiger partial charge on any atom is 0.243 e. The second kappa shape index (κ2) is 10.6. The van der Waals surface area contributed by atoms with Crippen LogP contribution >= 0.6 is 11.8 Å². The summed E-state index contributed by atoms with van der Waals surface area (Å²) in [7, 11) is -1.90. The quantitative estimate of drug-likeness (QED) is 0.561. The third kappa shape index (κ3) is 5.86. The second-order valence-electron chi connectivity index (χ2n) is 7.09. The molecule has 2 aromatic rings. The monoisotopic (exact) mass is 468 g/mol. The van der Waals surface area contributed by atoms with Gasteiger partial charge in [0, 0.05) is 38.1 Å². The molecule has 9 nitrogen and oxygen atoms in total. The Hall–Kier alpha value is -1.92. The van der Waals surface area contributed by atoms with Crippen molar-refractivity contribution in [2.75, 3.05) is 51.1 Å². The molecule has 0 bridgehead atoms. The number of rotatable bonds is 9. The number of carbonyl (C=O) groups excluding carboxylic acids is 1. The Morgan fingerprint density at radius 1 is 1.23 bits per heavy atom. The van der Waals surface area contributed by atoms with Gasteiger partial charge in [0.15, 0.2) is 5.16 Å². The number of thioether (sulfide) groups is 1. The Bertz CT molecular complexity index is 999. The molecule has 31 heavy (non-hydrogen) atoms. The van der Waals surface area contributed by atoms with E-state index in [-0.39, 0.29) is 16.6 Å². The highest BCUT2D eigenvalue weighted by Crippen LogP contribution is 2.22. The number of ether oxygens (including phenoxy) is 2. The molecule has 11 heteroatoms. The number of nitrogens with zero attached hydrogens (tertiary/aromatic N) is 3. The highest BCUT2D eigenvalue weighted by Gasteiger charge is 2.26. The Labute approximate surface area is 187 Å². The van der Waals surface area contributed by atoms with Gasteiger partial charge in [-0.3, -0.25) is 4.79 Å². The van der Waals surface area contributed by atoms with Gasteiger partial charge in [0.05, 0.1) is 36.2 Å². The van der Waals surface area contributed by atoms with Crippen molar-refractivity contribution in [3.05, 3.63) is 35.7 Å². The van der Waals surface area contributed by atoms with Crippen LogP contribution in [-0.4, -0.2) is 74.0 Å². The number of anilines is 1. The van der Waals surface area contributed by atoms with E-state index in [0.29, 0.717) is 45.1 Å². The molecule has 1 aromatic carbocycles. The van der Waals surface area contributed by atoms with Gasteiger partial charge in [-0.25, -0.2) is 13.4 Å². The van der Waals surface area contributed by atoms with E-state index in [2.05, 4.69) is 10.3 Å². The Balaban J connectivity index is 1.58. The maximum absolute atomic E-state index is 12.7. The summed E-state index contributed by atoms with van der Waals surface area (Å²) in [4.78, 5) is 17.1. The van der Waals surface area contributed by atoms with Gasteiger partial charge in [-0.1, -0.05) is 11.8 Å². The molecule has 0 atom stereocenters. The molecule has 1 fully saturated rings. The van der Waals surface area contributed by atoms with Crippen LogP contribution in [-0.2, 0) is 30.8 Å². The summed E-state index contributed by atoms with van der Waals surface area (Å²) in [5, 5.41) is 3.58. The highest BCUT2D eigenvalue weighted by atomic mass is 32.2. The van der Waals surface area contributed by atoms with Gasteiger partial charge in [0.2, 0.25) is 15.9 Å². The molecule has 1 aromatic heterocycles. The summed E-state index contributed by atoms with van der Waals surface area (Å²) in [6, 6.07) is 6.23. The number of methoxy groups -OCH3 is 1. The zero-order valence-electron chi connectivity index (χ0n) is 18.0. The largest absolute Gasteiger partial charge is 0.383 e. The number of nitrogens with one attached hydrogen (secondary N) is 1. The Morgan fingerprint density at radius 3 is 2.55 bits per heavy atom. The molecule has 2 heterocycles. The molecule has 1 N–H and O–H groups in total. The van der Waals surface area contributed by atoms with Gasteiger partial charge < -0.3 is 19.4 Å². The minimum atomic E-state index is -3.55. The molecule has 0 spiro atoms. The van der Waals surface area contributed by atoms with Crippen LogP contribution in [0.1, 0.15) is 11.4 Å². The fourth-order valence-electron chi connectivity index (χ4n) is 3.15. The summed E-state index contributed by atoms with van der Waals surface area (Å²) < 4.78 is 39.2. The fraction of sp³-hybridized carbons (Fsp3) is 0.500. The summed E-state index contributed by atoms with van der Waals surface area (Å²) >= 11 is 1.36. The van der Waals surface area contributed by atoms with Crippen molar-refractivity contribution < 1.29 is 22.7 Å². The van der Waals surface area contributed by atoms with Gasteiger partial charge >= 0.3 is 0 Å². The SMILES string of the molecule is COCCn1c(SCC(=O)Nc2ccc(S(=O)(=O)N3CCOCC3)cc2)nc(C)c1C. The van der Waals surface area contributed by atoms with Gasteiger partial charge in [0.1, 0.15) is 0 Å². The number of imidazole rings is 1. The number of aryl methyl sites for hydroxylation is 1. The van der Waals surface area contributed by atoms with E-state index in [4.69, 9.17) is 9.47 Å². The van der Waals surface area contributed by atoms with Gasteiger partial charge in [-0.15, -0.1) is 0 Å². The van der Waals surface area contributed by atoms with Crippen LogP contribution in [0, 0.1) is 13.8 Å². The number of amides is 1. The van der Waals surface area contributed by atoms with Crippen molar-refractivity contribution in [2.24, 2.45) is 0 Å². The van der Waals surface area contributed by atoms with Gasteiger partial charge in [-0.05, 0) is 38.1 Å². The highest BCUT2D eigenvalue weighted by molar-refractivity contribution is 7.99. The van der Waals surface area contributed by atoms with E-state index in [1.165, 1.54) is 28.2 Å². The van der Waals surface area contributed by atoms with E-state index in [1.54, 1.807) is 19.2 Å². The lowest BCUT2D eigenvalue weighted by molar-refractivity contribution is -0.113. The minimum Gasteiger partial charge on any atom is -0.383 e. The second-order valence-corrected chi connectivity index (χ2v) is 9.97. The minimum absolute atomic E-state index is 0.189. The number of morpholine rings is 1. The molecular weight excluding hydrogens is 440 g/mol. The van der Waals surface area contributed by atoms with Crippen LogP contribution in [0.3, 0.4) is 0 Å². The molecule has 1 aliphatic rings. The molecular formula is C20H28N4O5S2. The van der Waals surface area contributed by atoms with Crippen molar-refractivity contribution in [3.8, 4) is 0 Å². The molecule has 0 radical (unpaired) electrons. The van der Waals surface area contributed by atoms with Gasteiger partial charge in [0.25, 0.3) is 0 Å². The smallest absolute Gasteiger partial charge is 0.243 e. The Morgan fingerprint density at radius 2 is 1.90 bits per heavy atom. The number of hydrogen-bond acceptors (Lipinski definition) is 7. The number of benzene rings is 1. The molecule has 170 valence electrons. The first-order chi connectivity index (χ1) is 14.8. The molecule has 1 amide bonds. The van der Waals surface area contributed by atoms with Crippen molar-refractivity contribution in [3.63, 3.8) is 0 Å². The standard InChI is InChI=1S/C20H28N4O5S2/c1-15-16(2)24(10-11-28-3)20(21-15)30-14-19(25)22-17-4-6-18(7-5-17)31(26,27)23-8-12-29-13-9-23/h4-7H,8-14H2,1-3H3,(H,22,25). The van der Waals surface area contributed by atoms with E-state index < -0.39 is 10.0 Å². The van der Waals surface area contributed by atoms with Crippen LogP contribution in [0.15, 0.2) is 34.3 Å². The van der Waals surface area contributed by atoms with E-state index >= 15 is 0 Å². The van der Waals surface area contributed by atoms with E-state index in [0.717, 1.165) is 16.5 Å². The average Bonchev–Trinajstić information content (AvgIpc) is 3.04. The van der Waals surface area contributed by atoms with E-state index in [1.807, 2.05) is 18.4 Å². The molecule has 0 aliphatic carbocycles. The molecule has 0 unspecified atom stereocenters. The lowest BCUT2D eigenvalue weighted by atomic mass is 10.3. The lowest BCUT2D eigenvalue weighted by Gasteiger charge is -2.26. The van der Waals surface area contributed by atoms with Crippen molar-refractivity contribution in [2.45, 2.75) is 30.4 Å². The lowest BCUT2D eigenvalue weighted by Crippen LogP contribution is -2.40. The third-order valence-electron chi connectivity index (χ3n) is 5.02. The number of aromatic nitrogens is 2. The predicted molar refractivity (Wildman–Crippen MR) is 119 cm³/mol. The number of hydrogen-bond donors (Lipinski definition) is 1. The average molecular weight is 469 g/mol. The van der Waals surface area contributed by atoms with Gasteiger partial charge in [-0.2, -0.15) is 4.31 Å². The number of sulfonamides is 1. The van der Waals surface area contributed by atoms with Crippen molar-refractivity contribution >= 4 is 33.4 Å². The van der Waals surface area contributed by atoms with Crippen LogP contribution in [0.25, 0.3) is 0 Å². The predicted octanol–water partition coefficient (Wildman–Crippen LogP) is 1.90. The first-order valence-corrected chi connectivity index (χ1v) is 12.4. The first kappa shape index (κ1) is 23.7. The fourth-order valence-corrected chi connectivity index (χ4v) is 5.48. The normalized spacial score (nSPS) is 15.2. The zero-order valence-corrected chi connectivity index (χ0v) is 19.6. The molecule has 1 aliphatic heterocycles. The molecule has 3 rings (SSSR count). The Kier molecular flexibility index (Phi) is 8.11. The third-order valence-corrected chi connectivity index (χ3v) is 7.91. The summed E-state index contributed by atoms with van der Waals surface area (Å²) in [5.74, 6) is 0.00171. The van der Waals surface area contributed by atoms with Crippen LogP contribution in [0.2, 0.25) is 0 Å². The van der Waals surface area contributed by atoms with Crippen LogP contribution in [0.5, 0.6) is 0 Å². The zero-order chi connectivity index (χ0) is 22.4. The van der Waals surface area contributed by atoms with Crippen molar-refractivity contribution in [1.29, 1.82) is 0 Å². The summed E-state index contributed by atoms with van der Waals surface area (Å²) in [6.07, 6.45) is 0. The topological polar surface area (TPSA) is 103 Å². The van der Waals surface area contributed by atoms with Crippen molar-refractivity contribution in [1.82, 2.24) is 13.9 Å². The van der Waals surface area contributed by atoms with Crippen LogP contribution < -0.4 is 5.32 Å². The van der Waals surface area contributed by atoms with E-state index in [9.17, 15) is 13.2 Å². The molecule has 0 saturated carbocycles. The maximum atomic E-state index is 12.7.